The molecular weight excluding hydrogens is 420 g/mol. The molecule has 9 heteroatoms. The van der Waals surface area contributed by atoms with Crippen LogP contribution in [0.4, 0.5) is 0 Å². The Morgan fingerprint density at radius 1 is 1.27 bits per heavy atom. The number of aryl methyl sites for hydroxylation is 1. The van der Waals surface area contributed by atoms with Crippen LogP contribution in [0.5, 0.6) is 0 Å². The lowest BCUT2D eigenvalue weighted by atomic mass is 10.0. The van der Waals surface area contributed by atoms with Gasteiger partial charge in [-0.05, 0) is 38.8 Å². The fourth-order valence-corrected chi connectivity index (χ4v) is 3.26. The maximum atomic E-state index is 12.2. The molecule has 2 aromatic heterocycles. The van der Waals surface area contributed by atoms with Gasteiger partial charge < -0.3 is 15.0 Å². The van der Waals surface area contributed by atoms with Crippen molar-refractivity contribution in [1.82, 2.24) is 20.3 Å². The Labute approximate surface area is 142 Å². The highest BCUT2D eigenvalue weighted by Gasteiger charge is 2.31. The van der Waals surface area contributed by atoms with E-state index in [1.165, 1.54) is 7.11 Å². The van der Waals surface area contributed by atoms with Crippen molar-refractivity contribution in [3.8, 4) is 11.1 Å². The van der Waals surface area contributed by atoms with Gasteiger partial charge in [-0.2, -0.15) is 0 Å². The van der Waals surface area contributed by atoms with E-state index in [1.54, 1.807) is 6.92 Å². The predicted molar refractivity (Wildman–Crippen MR) is 84.5 cm³/mol. The van der Waals surface area contributed by atoms with Gasteiger partial charge in [-0.15, -0.1) is 0 Å². The second kappa shape index (κ2) is 5.47. The largest absolute Gasteiger partial charge is 0.464 e. The van der Waals surface area contributed by atoms with Crippen LogP contribution in [0.25, 0.3) is 11.1 Å². The number of aromatic nitrogens is 3. The van der Waals surface area contributed by atoms with Crippen molar-refractivity contribution in [3.63, 3.8) is 0 Å². The monoisotopic (exact) mass is 428 g/mol. The molecule has 1 aliphatic heterocycles. The van der Waals surface area contributed by atoms with Gasteiger partial charge in [0.2, 0.25) is 0 Å². The number of carbonyl (C=O) groups is 2. The number of fused-ring (bicyclic) bond motifs is 3. The summed E-state index contributed by atoms with van der Waals surface area (Å²) in [5.41, 5.74) is 2.05. The molecular formula is C13H10Br2N4O3. The van der Waals surface area contributed by atoms with Gasteiger partial charge in [-0.3, -0.25) is 4.79 Å². The summed E-state index contributed by atoms with van der Waals surface area (Å²) in [6.45, 7) is 1.89. The summed E-state index contributed by atoms with van der Waals surface area (Å²) >= 11 is 6.76. The number of esters is 1. The molecule has 114 valence electrons. The third kappa shape index (κ3) is 2.24. The Morgan fingerprint density at radius 3 is 2.68 bits per heavy atom. The molecule has 0 saturated heterocycles. The number of hydrogen-bond acceptors (Lipinski definition) is 5. The van der Waals surface area contributed by atoms with E-state index in [2.05, 4.69) is 52.1 Å². The number of halogens is 2. The minimum absolute atomic E-state index is 0.134. The van der Waals surface area contributed by atoms with E-state index in [4.69, 9.17) is 4.74 Å². The number of aromatic amines is 1. The van der Waals surface area contributed by atoms with Crippen LogP contribution in [0.3, 0.4) is 0 Å². The quantitative estimate of drug-likeness (QED) is 0.678. The summed E-state index contributed by atoms with van der Waals surface area (Å²) < 4.78 is 6.03. The Hall–Kier alpha value is -1.74. The third-order valence-corrected chi connectivity index (χ3v) is 5.18. The van der Waals surface area contributed by atoms with Crippen LogP contribution in [-0.4, -0.2) is 33.9 Å². The van der Waals surface area contributed by atoms with Crippen molar-refractivity contribution < 1.29 is 14.3 Å². The zero-order valence-corrected chi connectivity index (χ0v) is 14.8. The minimum Gasteiger partial charge on any atom is -0.464 e. The first-order valence-electron chi connectivity index (χ1n) is 6.25. The van der Waals surface area contributed by atoms with Gasteiger partial charge in [0.1, 0.15) is 11.5 Å². The summed E-state index contributed by atoms with van der Waals surface area (Å²) in [6, 6.07) is 0. The Kier molecular flexibility index (Phi) is 3.77. The van der Waals surface area contributed by atoms with Gasteiger partial charge >= 0.3 is 5.97 Å². The molecule has 7 nitrogen and oxygen atoms in total. The number of H-pyrrole nitrogens is 1. The lowest BCUT2D eigenvalue weighted by molar-refractivity contribution is 0.0594. The molecule has 2 N–H and O–H groups in total. The molecule has 0 aromatic carbocycles. The second-order valence-corrected chi connectivity index (χ2v) is 6.20. The number of ether oxygens (including phenoxy) is 1. The first-order valence-corrected chi connectivity index (χ1v) is 7.84. The number of nitrogens with zero attached hydrogens (tertiary/aromatic N) is 2. The zero-order valence-electron chi connectivity index (χ0n) is 11.6. The fraction of sp³-hybridized carbons (Fsp3) is 0.231. The highest BCUT2D eigenvalue weighted by molar-refractivity contribution is 9.13. The molecule has 3 rings (SSSR count). The highest BCUT2D eigenvalue weighted by atomic mass is 79.9. The standard InChI is InChI=1S/C13H10Br2N4O3/c1-4-17-5-3-16-12(20)9-7(8(14)11(15)19-9)6(5)10(18-4)13(21)22-2/h19H,3H2,1-2H3,(H,16,20). The van der Waals surface area contributed by atoms with Crippen molar-refractivity contribution in [3.05, 3.63) is 32.0 Å². The van der Waals surface area contributed by atoms with E-state index < -0.39 is 5.97 Å². The second-order valence-electron chi connectivity index (χ2n) is 4.62. The Morgan fingerprint density at radius 2 is 2.00 bits per heavy atom. The van der Waals surface area contributed by atoms with E-state index >= 15 is 0 Å². The molecule has 0 spiro atoms. The number of carbonyl (C=O) groups excluding carboxylic acids is 2. The molecule has 0 aliphatic carbocycles. The molecule has 0 saturated carbocycles. The molecule has 0 bridgehead atoms. The van der Waals surface area contributed by atoms with Gasteiger partial charge in [-0.1, -0.05) is 0 Å². The summed E-state index contributed by atoms with van der Waals surface area (Å²) in [4.78, 5) is 35.8. The molecule has 0 unspecified atom stereocenters. The smallest absolute Gasteiger partial charge is 0.357 e. The Balaban J connectivity index is 2.42. The van der Waals surface area contributed by atoms with Crippen molar-refractivity contribution in [2.45, 2.75) is 13.5 Å². The molecule has 3 heterocycles. The third-order valence-electron chi connectivity index (χ3n) is 3.26. The molecule has 1 amide bonds. The number of amides is 1. The van der Waals surface area contributed by atoms with E-state index in [9.17, 15) is 9.59 Å². The Bertz CT molecular complexity index is 816. The van der Waals surface area contributed by atoms with Crippen LogP contribution < -0.4 is 5.32 Å². The van der Waals surface area contributed by atoms with Gasteiger partial charge in [0, 0.05) is 11.1 Å². The van der Waals surface area contributed by atoms with Crippen molar-refractivity contribution >= 4 is 43.7 Å². The molecule has 0 atom stereocenters. The average Bonchev–Trinajstić information content (AvgIpc) is 2.71. The van der Waals surface area contributed by atoms with E-state index in [0.717, 1.165) is 0 Å². The number of nitrogens with one attached hydrogen (secondary N) is 2. The van der Waals surface area contributed by atoms with Gasteiger partial charge in [0.15, 0.2) is 5.69 Å². The van der Waals surface area contributed by atoms with Crippen molar-refractivity contribution in [2.75, 3.05) is 7.11 Å². The lowest BCUT2D eigenvalue weighted by Crippen LogP contribution is -2.22. The number of methoxy groups -OCH3 is 1. The molecule has 22 heavy (non-hydrogen) atoms. The first kappa shape index (κ1) is 15.2. The first-order chi connectivity index (χ1) is 10.4. The summed E-state index contributed by atoms with van der Waals surface area (Å²) in [6.07, 6.45) is 0. The summed E-state index contributed by atoms with van der Waals surface area (Å²) in [5.74, 6) is -0.429. The van der Waals surface area contributed by atoms with Crippen LogP contribution in [-0.2, 0) is 11.3 Å². The average molecular weight is 430 g/mol. The highest BCUT2D eigenvalue weighted by Crippen LogP contribution is 2.41. The van der Waals surface area contributed by atoms with Crippen LogP contribution >= 0.6 is 31.9 Å². The van der Waals surface area contributed by atoms with Gasteiger partial charge in [0.05, 0.1) is 28.4 Å². The van der Waals surface area contributed by atoms with Crippen molar-refractivity contribution in [2.24, 2.45) is 0 Å². The molecule has 0 fully saturated rings. The predicted octanol–water partition coefficient (Wildman–Crippen LogP) is 2.34. The topological polar surface area (TPSA) is 97.0 Å². The maximum absolute atomic E-state index is 12.2. The van der Waals surface area contributed by atoms with Crippen molar-refractivity contribution in [1.29, 1.82) is 0 Å². The normalized spacial score (nSPS) is 13.0. The van der Waals surface area contributed by atoms with Crippen LogP contribution in [0.2, 0.25) is 0 Å². The minimum atomic E-state index is -0.578. The summed E-state index contributed by atoms with van der Waals surface area (Å²) in [5, 5.41) is 2.75. The molecule has 2 aromatic rings. The fourth-order valence-electron chi connectivity index (χ4n) is 2.37. The van der Waals surface area contributed by atoms with Gasteiger partial charge in [0.25, 0.3) is 5.91 Å². The van der Waals surface area contributed by atoms with Crippen LogP contribution in [0, 0.1) is 6.92 Å². The number of hydrogen-bond donors (Lipinski definition) is 2. The van der Waals surface area contributed by atoms with E-state index in [0.29, 0.717) is 37.4 Å². The maximum Gasteiger partial charge on any atom is 0.357 e. The zero-order chi connectivity index (χ0) is 16.0. The molecule has 1 aliphatic rings. The number of rotatable bonds is 1. The SMILES string of the molecule is COC(=O)c1nc(C)nc2c1-c1c([nH]c(Br)c1Br)C(=O)NC2. The van der Waals surface area contributed by atoms with Gasteiger partial charge in [-0.25, -0.2) is 14.8 Å². The molecule has 0 radical (unpaired) electrons. The van der Waals surface area contributed by atoms with Crippen LogP contribution in [0.15, 0.2) is 9.08 Å². The van der Waals surface area contributed by atoms with Crippen LogP contribution in [0.1, 0.15) is 32.5 Å². The van der Waals surface area contributed by atoms with E-state index in [-0.39, 0.29) is 18.1 Å². The lowest BCUT2D eigenvalue weighted by Gasteiger charge is -2.11. The summed E-state index contributed by atoms with van der Waals surface area (Å²) in [7, 11) is 1.29. The van der Waals surface area contributed by atoms with E-state index in [1.807, 2.05) is 0 Å².